The Bertz CT molecular complexity index is 1530. The first-order chi connectivity index (χ1) is 17.1. The summed E-state index contributed by atoms with van der Waals surface area (Å²) in [6, 6.07) is 26.9. The Kier molecular flexibility index (Phi) is 6.74. The molecule has 0 fully saturated rings. The van der Waals surface area contributed by atoms with Gasteiger partial charge in [0.25, 0.3) is 5.56 Å². The molecular formula is C27H22N4O2S2. The first kappa shape index (κ1) is 23.0. The Hall–Kier alpha value is -3.75. The average molecular weight is 499 g/mol. The minimum Gasteiger partial charge on any atom is -0.301 e. The zero-order chi connectivity index (χ0) is 24.2. The third kappa shape index (κ3) is 5.18. The van der Waals surface area contributed by atoms with Crippen molar-refractivity contribution in [3.63, 3.8) is 0 Å². The lowest BCUT2D eigenvalue weighted by Gasteiger charge is -2.16. The molecule has 1 N–H and O–H groups in total. The molecule has 3 aromatic carbocycles. The van der Waals surface area contributed by atoms with Gasteiger partial charge in [-0.25, -0.2) is 9.97 Å². The summed E-state index contributed by atoms with van der Waals surface area (Å²) in [5.41, 5.74) is 3.30. The maximum atomic E-state index is 13.3. The van der Waals surface area contributed by atoms with Gasteiger partial charge in [-0.3, -0.25) is 14.2 Å². The van der Waals surface area contributed by atoms with Crippen molar-refractivity contribution in [3.8, 4) is 11.3 Å². The average Bonchev–Trinajstić information content (AvgIpc) is 3.36. The molecule has 1 atom stereocenters. The van der Waals surface area contributed by atoms with E-state index in [1.165, 1.54) is 23.1 Å². The molecule has 5 rings (SSSR count). The Morgan fingerprint density at radius 2 is 1.66 bits per heavy atom. The molecule has 0 aliphatic carbocycles. The van der Waals surface area contributed by atoms with Crippen molar-refractivity contribution in [3.05, 3.63) is 106 Å². The molecule has 6 nitrogen and oxygen atoms in total. The van der Waals surface area contributed by atoms with Crippen LogP contribution in [0.4, 0.5) is 5.13 Å². The molecule has 1 unspecified atom stereocenters. The van der Waals surface area contributed by atoms with E-state index in [9.17, 15) is 9.59 Å². The van der Waals surface area contributed by atoms with Crippen LogP contribution in [0.3, 0.4) is 0 Å². The normalized spacial score (nSPS) is 11.9. The topological polar surface area (TPSA) is 76.9 Å². The number of aromatic nitrogens is 3. The van der Waals surface area contributed by atoms with Gasteiger partial charge in [0.15, 0.2) is 10.3 Å². The van der Waals surface area contributed by atoms with E-state index in [-0.39, 0.29) is 11.5 Å². The number of thiazole rings is 1. The summed E-state index contributed by atoms with van der Waals surface area (Å²) in [4.78, 5) is 35.6. The van der Waals surface area contributed by atoms with E-state index in [0.29, 0.717) is 27.7 Å². The summed E-state index contributed by atoms with van der Waals surface area (Å²) in [6.07, 6.45) is 0. The van der Waals surface area contributed by atoms with E-state index in [1.807, 2.05) is 84.2 Å². The number of hydrogen-bond acceptors (Lipinski definition) is 6. The van der Waals surface area contributed by atoms with Crippen LogP contribution in [0.5, 0.6) is 0 Å². The van der Waals surface area contributed by atoms with Crippen molar-refractivity contribution in [1.82, 2.24) is 14.5 Å². The Morgan fingerprint density at radius 1 is 0.971 bits per heavy atom. The summed E-state index contributed by atoms with van der Waals surface area (Å²) < 4.78 is 1.64. The molecule has 2 heterocycles. The van der Waals surface area contributed by atoms with Crippen LogP contribution in [0.2, 0.25) is 0 Å². The van der Waals surface area contributed by atoms with Crippen LogP contribution in [0.15, 0.2) is 100 Å². The summed E-state index contributed by atoms with van der Waals surface area (Å²) in [5, 5.41) is 5.93. The summed E-state index contributed by atoms with van der Waals surface area (Å²) in [5.74, 6) is -0.197. The molecule has 1 amide bonds. The molecule has 0 saturated heterocycles. The highest BCUT2D eigenvalue weighted by molar-refractivity contribution is 8.00. The number of nitrogens with zero attached hydrogens (tertiary/aromatic N) is 3. The minimum atomic E-state index is -0.492. The number of nitrogens with one attached hydrogen (secondary N) is 1. The lowest BCUT2D eigenvalue weighted by molar-refractivity contribution is -0.115. The fourth-order valence-corrected chi connectivity index (χ4v) is 5.26. The maximum absolute atomic E-state index is 13.3. The monoisotopic (exact) mass is 498 g/mol. The van der Waals surface area contributed by atoms with E-state index < -0.39 is 5.25 Å². The number of amides is 1. The largest absolute Gasteiger partial charge is 0.301 e. The molecule has 0 spiro atoms. The standard InChI is InChI=1S/C27H22N4O2S2/c1-18(24(32)30-26-28-23(17-34-26)20-12-6-3-7-13-20)35-27-29-22-15-9-8-14-21(22)25(33)31(27)16-19-10-4-2-5-11-19/h2-15,17-18H,16H2,1H3,(H,28,30,32). The van der Waals surface area contributed by atoms with Gasteiger partial charge in [0.2, 0.25) is 5.91 Å². The van der Waals surface area contributed by atoms with Gasteiger partial charge in [0, 0.05) is 10.9 Å². The van der Waals surface area contributed by atoms with Crippen molar-refractivity contribution >= 4 is 45.0 Å². The number of fused-ring (bicyclic) bond motifs is 1. The zero-order valence-electron chi connectivity index (χ0n) is 18.9. The van der Waals surface area contributed by atoms with E-state index in [4.69, 9.17) is 4.98 Å². The van der Waals surface area contributed by atoms with Crippen LogP contribution in [-0.4, -0.2) is 25.7 Å². The minimum absolute atomic E-state index is 0.123. The molecule has 5 aromatic rings. The maximum Gasteiger partial charge on any atom is 0.262 e. The SMILES string of the molecule is CC(Sc1nc2ccccc2c(=O)n1Cc1ccccc1)C(=O)Nc1nc(-c2ccccc2)cs1. The van der Waals surface area contributed by atoms with Crippen LogP contribution in [-0.2, 0) is 11.3 Å². The van der Waals surface area contributed by atoms with E-state index in [0.717, 1.165) is 16.8 Å². The molecule has 2 aromatic heterocycles. The van der Waals surface area contributed by atoms with Crippen LogP contribution < -0.4 is 10.9 Å². The molecule has 0 saturated carbocycles. The second-order valence-electron chi connectivity index (χ2n) is 7.94. The number of anilines is 1. The van der Waals surface area contributed by atoms with E-state index in [2.05, 4.69) is 10.3 Å². The first-order valence-corrected chi connectivity index (χ1v) is 12.9. The molecule has 0 aliphatic rings. The van der Waals surface area contributed by atoms with Gasteiger partial charge in [-0.2, -0.15) is 0 Å². The molecule has 35 heavy (non-hydrogen) atoms. The summed E-state index contributed by atoms with van der Waals surface area (Å²) >= 11 is 2.65. The van der Waals surface area contributed by atoms with Crippen LogP contribution >= 0.6 is 23.1 Å². The Balaban J connectivity index is 1.39. The number of rotatable bonds is 7. The van der Waals surface area contributed by atoms with Gasteiger partial charge in [0.1, 0.15) is 0 Å². The predicted octanol–water partition coefficient (Wildman–Crippen LogP) is 5.69. The highest BCUT2D eigenvalue weighted by Crippen LogP contribution is 2.27. The van der Waals surface area contributed by atoms with Gasteiger partial charge in [0.05, 0.1) is 28.4 Å². The van der Waals surface area contributed by atoms with Crippen molar-refractivity contribution < 1.29 is 4.79 Å². The summed E-state index contributed by atoms with van der Waals surface area (Å²) in [7, 11) is 0. The quantitative estimate of drug-likeness (QED) is 0.231. The second kappa shape index (κ2) is 10.2. The van der Waals surface area contributed by atoms with Gasteiger partial charge in [-0.15, -0.1) is 11.3 Å². The Morgan fingerprint density at radius 3 is 2.43 bits per heavy atom. The number of para-hydroxylation sites is 1. The molecule has 0 bridgehead atoms. The molecular weight excluding hydrogens is 476 g/mol. The van der Waals surface area contributed by atoms with Crippen LogP contribution in [0.25, 0.3) is 22.2 Å². The molecule has 0 radical (unpaired) electrons. The zero-order valence-corrected chi connectivity index (χ0v) is 20.6. The number of benzene rings is 3. The van der Waals surface area contributed by atoms with Crippen molar-refractivity contribution in [2.24, 2.45) is 0 Å². The third-order valence-electron chi connectivity index (χ3n) is 5.47. The van der Waals surface area contributed by atoms with Crippen molar-refractivity contribution in [1.29, 1.82) is 0 Å². The lowest BCUT2D eigenvalue weighted by Crippen LogP contribution is -2.27. The van der Waals surface area contributed by atoms with Gasteiger partial charge in [-0.1, -0.05) is 84.6 Å². The van der Waals surface area contributed by atoms with Gasteiger partial charge < -0.3 is 5.32 Å². The first-order valence-electron chi connectivity index (χ1n) is 11.1. The second-order valence-corrected chi connectivity index (χ2v) is 10.1. The number of carbonyl (C=O) groups excluding carboxylic acids is 1. The Labute approximate surface area is 210 Å². The van der Waals surface area contributed by atoms with E-state index in [1.54, 1.807) is 17.6 Å². The highest BCUT2D eigenvalue weighted by atomic mass is 32.2. The lowest BCUT2D eigenvalue weighted by atomic mass is 10.2. The van der Waals surface area contributed by atoms with Gasteiger partial charge in [-0.05, 0) is 24.6 Å². The molecule has 0 aliphatic heterocycles. The third-order valence-corrected chi connectivity index (χ3v) is 7.31. The van der Waals surface area contributed by atoms with E-state index >= 15 is 0 Å². The smallest absolute Gasteiger partial charge is 0.262 e. The summed E-state index contributed by atoms with van der Waals surface area (Å²) in [6.45, 7) is 2.18. The number of carbonyl (C=O) groups is 1. The van der Waals surface area contributed by atoms with Crippen molar-refractivity contribution in [2.75, 3.05) is 5.32 Å². The number of thioether (sulfide) groups is 1. The van der Waals surface area contributed by atoms with Crippen LogP contribution in [0, 0.1) is 0 Å². The predicted molar refractivity (Wildman–Crippen MR) is 143 cm³/mol. The van der Waals surface area contributed by atoms with Gasteiger partial charge >= 0.3 is 0 Å². The highest BCUT2D eigenvalue weighted by Gasteiger charge is 2.21. The fraction of sp³-hybridized carbons (Fsp3) is 0.111. The van der Waals surface area contributed by atoms with Crippen LogP contribution in [0.1, 0.15) is 12.5 Å². The van der Waals surface area contributed by atoms with Crippen molar-refractivity contribution in [2.45, 2.75) is 23.9 Å². The number of hydrogen-bond donors (Lipinski definition) is 1. The molecule has 8 heteroatoms. The molecule has 174 valence electrons. The fourth-order valence-electron chi connectivity index (χ4n) is 3.63.